The van der Waals surface area contributed by atoms with Crippen LogP contribution in [0.1, 0.15) is 22.8 Å². The molecule has 0 fully saturated rings. The Labute approximate surface area is 259 Å². The van der Waals surface area contributed by atoms with Crippen LogP contribution in [0.5, 0.6) is 11.5 Å². The number of benzene rings is 4. The van der Waals surface area contributed by atoms with Crippen molar-refractivity contribution in [1.82, 2.24) is 5.32 Å². The Bertz CT molecular complexity index is 1610. The topological polar surface area (TPSA) is 106 Å². The molecule has 1 unspecified atom stereocenters. The first-order chi connectivity index (χ1) is 20.7. The van der Waals surface area contributed by atoms with Crippen LogP contribution in [0, 0.1) is 0 Å². The Hall–Kier alpha value is -4.73. The first-order valence-corrected chi connectivity index (χ1v) is 14.5. The van der Waals surface area contributed by atoms with Gasteiger partial charge in [-0.3, -0.25) is 14.4 Å². The smallest absolute Gasteiger partial charge is 0.272 e. The largest absolute Gasteiger partial charge is 0.497 e. The first kappa shape index (κ1) is 31.2. The van der Waals surface area contributed by atoms with E-state index >= 15 is 0 Å². The zero-order valence-electron chi connectivity index (χ0n) is 23.7. The maximum absolute atomic E-state index is 13.4. The Balaban J connectivity index is 1.48. The minimum absolute atomic E-state index is 0.0169. The average Bonchev–Trinajstić information content (AvgIpc) is 3.03. The second-order valence-corrected chi connectivity index (χ2v) is 11.1. The number of rotatable bonds is 11. The van der Waals surface area contributed by atoms with Crippen molar-refractivity contribution < 1.29 is 23.9 Å². The molecular weight excluding hydrogens is 586 g/mol. The van der Waals surface area contributed by atoms with Gasteiger partial charge in [-0.25, -0.2) is 0 Å². The Morgan fingerprint density at radius 3 is 2.12 bits per heavy atom. The van der Waals surface area contributed by atoms with Crippen molar-refractivity contribution in [3.05, 3.63) is 119 Å². The fraction of sp³-hybridized carbons (Fsp3) is 0.121. The molecule has 0 aliphatic carbocycles. The highest BCUT2D eigenvalue weighted by Crippen LogP contribution is 2.28. The van der Waals surface area contributed by atoms with Gasteiger partial charge < -0.3 is 25.4 Å². The highest BCUT2D eigenvalue weighted by atomic mass is 35.5. The number of carbonyl (C=O) groups excluding carboxylic acids is 3. The predicted molar refractivity (Wildman–Crippen MR) is 172 cm³/mol. The zero-order chi connectivity index (χ0) is 30.8. The van der Waals surface area contributed by atoms with E-state index in [9.17, 15) is 14.4 Å². The maximum atomic E-state index is 13.4. The third kappa shape index (κ3) is 8.88. The lowest BCUT2D eigenvalue weighted by Gasteiger charge is -2.14. The van der Waals surface area contributed by atoms with Crippen LogP contribution in [0.15, 0.2) is 108 Å². The van der Waals surface area contributed by atoms with Gasteiger partial charge in [0.2, 0.25) is 5.91 Å². The van der Waals surface area contributed by atoms with Crippen molar-refractivity contribution in [2.24, 2.45) is 0 Å². The fourth-order valence-electron chi connectivity index (χ4n) is 3.89. The molecule has 0 aliphatic rings. The second-order valence-electron chi connectivity index (χ2n) is 9.22. The SMILES string of the molecule is COc1ccc(/C=C(\NC(=O)c2ccccc2)C(=O)Nc2ccc(SC(C)C(=O)Nc3ccc(Cl)cc3)cc2)c(OC)c1. The van der Waals surface area contributed by atoms with Crippen LogP contribution in [-0.4, -0.2) is 37.2 Å². The molecule has 1 atom stereocenters. The lowest BCUT2D eigenvalue weighted by atomic mass is 10.1. The number of anilines is 2. The van der Waals surface area contributed by atoms with Crippen molar-refractivity contribution >= 4 is 58.5 Å². The molecule has 8 nitrogen and oxygen atoms in total. The van der Waals surface area contributed by atoms with E-state index in [0.29, 0.717) is 39.0 Å². The van der Waals surface area contributed by atoms with Crippen molar-refractivity contribution in [3.8, 4) is 11.5 Å². The number of thioether (sulfide) groups is 1. The van der Waals surface area contributed by atoms with Gasteiger partial charge in [0.1, 0.15) is 17.2 Å². The molecule has 0 aliphatic heterocycles. The summed E-state index contributed by atoms with van der Waals surface area (Å²) in [6.07, 6.45) is 1.54. The van der Waals surface area contributed by atoms with Gasteiger partial charge >= 0.3 is 0 Å². The van der Waals surface area contributed by atoms with E-state index in [4.69, 9.17) is 21.1 Å². The summed E-state index contributed by atoms with van der Waals surface area (Å²) in [6, 6.07) is 27.7. The summed E-state index contributed by atoms with van der Waals surface area (Å²) in [6.45, 7) is 1.81. The molecule has 4 rings (SSSR count). The van der Waals surface area contributed by atoms with Crippen LogP contribution in [0.2, 0.25) is 5.02 Å². The maximum Gasteiger partial charge on any atom is 0.272 e. The molecule has 0 aromatic heterocycles. The molecule has 0 bridgehead atoms. The van der Waals surface area contributed by atoms with Gasteiger partial charge in [0, 0.05) is 38.5 Å². The lowest BCUT2D eigenvalue weighted by Crippen LogP contribution is -2.30. The number of hydrogen-bond acceptors (Lipinski definition) is 6. The summed E-state index contributed by atoms with van der Waals surface area (Å²) in [5, 5.41) is 8.64. The van der Waals surface area contributed by atoms with Crippen molar-refractivity contribution in [3.63, 3.8) is 0 Å². The minimum atomic E-state index is -0.529. The predicted octanol–water partition coefficient (Wildman–Crippen LogP) is 6.89. The molecule has 0 radical (unpaired) electrons. The zero-order valence-corrected chi connectivity index (χ0v) is 25.3. The van der Waals surface area contributed by atoms with E-state index in [1.165, 1.54) is 18.9 Å². The van der Waals surface area contributed by atoms with Gasteiger partial charge in [-0.15, -0.1) is 11.8 Å². The number of methoxy groups -OCH3 is 2. The number of nitrogens with one attached hydrogen (secondary N) is 3. The molecular formula is C33H30ClN3O5S. The Morgan fingerprint density at radius 1 is 0.814 bits per heavy atom. The van der Waals surface area contributed by atoms with Gasteiger partial charge in [0.15, 0.2) is 0 Å². The van der Waals surface area contributed by atoms with Gasteiger partial charge in [-0.05, 0) is 85.8 Å². The van der Waals surface area contributed by atoms with E-state index < -0.39 is 11.8 Å². The van der Waals surface area contributed by atoms with Crippen LogP contribution in [0.3, 0.4) is 0 Å². The molecule has 0 saturated carbocycles. The third-order valence-electron chi connectivity index (χ3n) is 6.18. The third-order valence-corrected chi connectivity index (χ3v) is 7.54. The minimum Gasteiger partial charge on any atom is -0.497 e. The summed E-state index contributed by atoms with van der Waals surface area (Å²) in [4.78, 5) is 39.9. The number of amides is 3. The molecule has 10 heteroatoms. The molecule has 220 valence electrons. The van der Waals surface area contributed by atoms with Gasteiger partial charge in [-0.1, -0.05) is 29.8 Å². The quantitative estimate of drug-likeness (QED) is 0.125. The normalized spacial score (nSPS) is 11.7. The molecule has 4 aromatic rings. The number of hydrogen-bond donors (Lipinski definition) is 3. The number of ether oxygens (including phenoxy) is 2. The molecule has 0 saturated heterocycles. The monoisotopic (exact) mass is 615 g/mol. The summed E-state index contributed by atoms with van der Waals surface area (Å²) >= 11 is 7.29. The van der Waals surface area contributed by atoms with Gasteiger partial charge in [0.05, 0.1) is 19.5 Å². The number of carbonyl (C=O) groups is 3. The summed E-state index contributed by atoms with van der Waals surface area (Å²) in [7, 11) is 3.06. The number of halogens is 1. The van der Waals surface area contributed by atoms with E-state index in [1.54, 1.807) is 98.1 Å². The molecule has 3 amide bonds. The van der Waals surface area contributed by atoms with E-state index in [1.807, 2.05) is 19.1 Å². The summed E-state index contributed by atoms with van der Waals surface area (Å²) in [5.41, 5.74) is 2.16. The lowest BCUT2D eigenvalue weighted by molar-refractivity contribution is -0.115. The van der Waals surface area contributed by atoms with Crippen LogP contribution in [-0.2, 0) is 9.59 Å². The summed E-state index contributed by atoms with van der Waals surface area (Å²) < 4.78 is 10.7. The van der Waals surface area contributed by atoms with E-state index in [2.05, 4.69) is 16.0 Å². The van der Waals surface area contributed by atoms with Crippen LogP contribution in [0.25, 0.3) is 6.08 Å². The molecule has 0 spiro atoms. The van der Waals surface area contributed by atoms with Crippen molar-refractivity contribution in [2.75, 3.05) is 24.9 Å². The molecule has 0 heterocycles. The van der Waals surface area contributed by atoms with Crippen LogP contribution >= 0.6 is 23.4 Å². The second kappa shape index (κ2) is 14.9. The fourth-order valence-corrected chi connectivity index (χ4v) is 4.88. The van der Waals surface area contributed by atoms with Gasteiger partial charge in [0.25, 0.3) is 11.8 Å². The average molecular weight is 616 g/mol. The van der Waals surface area contributed by atoms with Crippen molar-refractivity contribution in [1.29, 1.82) is 0 Å². The molecule has 4 aromatic carbocycles. The van der Waals surface area contributed by atoms with Crippen LogP contribution in [0.4, 0.5) is 11.4 Å². The van der Waals surface area contributed by atoms with Crippen molar-refractivity contribution in [2.45, 2.75) is 17.1 Å². The summed E-state index contributed by atoms with van der Waals surface area (Å²) in [5.74, 6) is -0.0646. The first-order valence-electron chi connectivity index (χ1n) is 13.2. The Kier molecular flexibility index (Phi) is 10.9. The van der Waals surface area contributed by atoms with E-state index in [-0.39, 0.29) is 16.9 Å². The Morgan fingerprint density at radius 2 is 1.47 bits per heavy atom. The molecule has 43 heavy (non-hydrogen) atoms. The van der Waals surface area contributed by atoms with Gasteiger partial charge in [-0.2, -0.15) is 0 Å². The highest BCUT2D eigenvalue weighted by Gasteiger charge is 2.18. The molecule has 3 N–H and O–H groups in total. The van der Waals surface area contributed by atoms with Crippen LogP contribution < -0.4 is 25.4 Å². The highest BCUT2D eigenvalue weighted by molar-refractivity contribution is 8.00. The standard InChI is InChI=1S/C33H30ClN3O5S/c1-21(31(38)35-25-12-10-24(34)11-13-25)43-28-17-14-26(15-18-28)36-33(40)29(37-32(39)22-7-5-4-6-8-22)19-23-9-16-27(41-2)20-30(23)42-3/h4-21H,1-3H3,(H,35,38)(H,36,40)(H,37,39)/b29-19-. The van der Waals surface area contributed by atoms with E-state index in [0.717, 1.165) is 4.90 Å².